The molecule has 0 saturated carbocycles. The molecule has 0 aliphatic heterocycles. The molecule has 0 fully saturated rings. The Morgan fingerprint density at radius 1 is 1.00 bits per heavy atom. The molecule has 0 bridgehead atoms. The number of aromatic hydroxyl groups is 1. The molecule has 2 rings (SSSR count). The van der Waals surface area contributed by atoms with Crippen LogP contribution in [-0.2, 0) is 7.05 Å². The topological polar surface area (TPSA) is 71.3 Å². The maximum atomic E-state index is 12.5. The monoisotopic (exact) mass is 372 g/mol. The van der Waals surface area contributed by atoms with Crippen LogP contribution in [0.3, 0.4) is 0 Å². The largest absolute Gasteiger partial charge is 0.506 e. The van der Waals surface area contributed by atoms with Gasteiger partial charge in [0.2, 0.25) is 0 Å². The van der Waals surface area contributed by atoms with Crippen molar-refractivity contribution in [2.45, 2.75) is 64.7 Å². The van der Waals surface area contributed by atoms with Crippen molar-refractivity contribution in [3.63, 3.8) is 0 Å². The molecule has 1 heterocycles. The molecule has 1 amide bonds. The highest BCUT2D eigenvalue weighted by Gasteiger charge is 2.20. The third kappa shape index (κ3) is 5.59. The van der Waals surface area contributed by atoms with Gasteiger partial charge in [-0.25, -0.2) is 0 Å². The SMILES string of the molecule is CCCCCCCCCCCNC(=O)c1c(O)c2ccccc2n(C)c1=O. The lowest BCUT2D eigenvalue weighted by Gasteiger charge is -2.12. The minimum Gasteiger partial charge on any atom is -0.506 e. The molecule has 0 spiro atoms. The number of hydrogen-bond acceptors (Lipinski definition) is 3. The molecule has 2 N–H and O–H groups in total. The smallest absolute Gasteiger partial charge is 0.267 e. The van der Waals surface area contributed by atoms with Gasteiger partial charge in [-0.05, 0) is 18.6 Å². The molecule has 0 atom stereocenters. The van der Waals surface area contributed by atoms with Gasteiger partial charge in [0.1, 0.15) is 11.3 Å². The number of amides is 1. The van der Waals surface area contributed by atoms with Gasteiger partial charge in [-0.1, -0.05) is 70.4 Å². The summed E-state index contributed by atoms with van der Waals surface area (Å²) in [7, 11) is 1.61. The predicted octanol–water partition coefficient (Wildman–Crippen LogP) is 4.50. The van der Waals surface area contributed by atoms with Gasteiger partial charge in [-0.2, -0.15) is 0 Å². The summed E-state index contributed by atoms with van der Waals surface area (Å²) in [5, 5.41) is 13.7. The summed E-state index contributed by atoms with van der Waals surface area (Å²) in [4.78, 5) is 24.9. The lowest BCUT2D eigenvalue weighted by Crippen LogP contribution is -2.33. The zero-order valence-corrected chi connectivity index (χ0v) is 16.6. The number of carbonyl (C=O) groups is 1. The van der Waals surface area contributed by atoms with Gasteiger partial charge in [0.05, 0.1) is 5.52 Å². The van der Waals surface area contributed by atoms with Crippen LogP contribution in [0.5, 0.6) is 5.75 Å². The van der Waals surface area contributed by atoms with E-state index in [1.165, 1.54) is 49.5 Å². The van der Waals surface area contributed by atoms with Crippen LogP contribution in [0.2, 0.25) is 0 Å². The molecule has 1 aromatic carbocycles. The van der Waals surface area contributed by atoms with E-state index in [-0.39, 0.29) is 11.3 Å². The number of fused-ring (bicyclic) bond motifs is 1. The summed E-state index contributed by atoms with van der Waals surface area (Å²) < 4.78 is 1.41. The van der Waals surface area contributed by atoms with Crippen molar-refractivity contribution in [1.29, 1.82) is 0 Å². The molecule has 2 aromatic rings. The number of carbonyl (C=O) groups excluding carboxylic acids is 1. The number of unbranched alkanes of at least 4 members (excludes halogenated alkanes) is 8. The van der Waals surface area contributed by atoms with Crippen molar-refractivity contribution in [1.82, 2.24) is 9.88 Å². The summed E-state index contributed by atoms with van der Waals surface area (Å²) in [5.74, 6) is -0.739. The first-order valence-electron chi connectivity index (χ1n) is 10.2. The van der Waals surface area contributed by atoms with E-state index in [1.807, 2.05) is 0 Å². The normalized spacial score (nSPS) is 11.0. The Balaban J connectivity index is 1.82. The third-order valence-corrected chi connectivity index (χ3v) is 5.07. The van der Waals surface area contributed by atoms with Gasteiger partial charge in [-0.3, -0.25) is 9.59 Å². The van der Waals surface area contributed by atoms with Gasteiger partial charge >= 0.3 is 0 Å². The zero-order chi connectivity index (χ0) is 19.6. The van der Waals surface area contributed by atoms with Gasteiger partial charge < -0.3 is 15.0 Å². The van der Waals surface area contributed by atoms with Crippen LogP contribution >= 0.6 is 0 Å². The highest BCUT2D eigenvalue weighted by atomic mass is 16.3. The van der Waals surface area contributed by atoms with Crippen LogP contribution in [0.15, 0.2) is 29.1 Å². The number of hydrogen-bond donors (Lipinski definition) is 2. The first kappa shape index (κ1) is 21.0. The summed E-state index contributed by atoms with van der Waals surface area (Å²) in [6, 6.07) is 7.03. The van der Waals surface area contributed by atoms with Crippen LogP contribution in [0.25, 0.3) is 10.9 Å². The van der Waals surface area contributed by atoms with Crippen LogP contribution in [0.1, 0.15) is 75.1 Å². The van der Waals surface area contributed by atoms with Crippen molar-refractivity contribution in [2.24, 2.45) is 7.05 Å². The first-order valence-corrected chi connectivity index (χ1v) is 10.2. The Kier molecular flexibility index (Phi) is 8.37. The molecule has 5 nitrogen and oxygen atoms in total. The molecule has 0 saturated heterocycles. The van der Waals surface area contributed by atoms with E-state index in [9.17, 15) is 14.7 Å². The number of rotatable bonds is 11. The molecule has 0 aliphatic carbocycles. The molecular formula is C22H32N2O3. The second kappa shape index (κ2) is 10.8. The molecule has 148 valence electrons. The van der Waals surface area contributed by atoms with Crippen LogP contribution in [0, 0.1) is 0 Å². The van der Waals surface area contributed by atoms with Gasteiger partial charge in [0.25, 0.3) is 11.5 Å². The Morgan fingerprint density at radius 2 is 1.59 bits per heavy atom. The van der Waals surface area contributed by atoms with Gasteiger partial charge in [0, 0.05) is 19.0 Å². The molecule has 0 aliphatic rings. The minimum atomic E-state index is -0.501. The van der Waals surface area contributed by atoms with E-state index in [4.69, 9.17) is 0 Å². The average molecular weight is 373 g/mol. The van der Waals surface area contributed by atoms with E-state index in [1.54, 1.807) is 31.3 Å². The Labute approximate surface area is 161 Å². The molecule has 0 radical (unpaired) electrons. The van der Waals surface area contributed by atoms with Gasteiger partial charge in [0.15, 0.2) is 0 Å². The van der Waals surface area contributed by atoms with Crippen molar-refractivity contribution in [3.8, 4) is 5.75 Å². The fraction of sp³-hybridized carbons (Fsp3) is 0.545. The van der Waals surface area contributed by atoms with Gasteiger partial charge in [-0.15, -0.1) is 0 Å². The Bertz CT molecular complexity index is 811. The highest BCUT2D eigenvalue weighted by molar-refractivity contribution is 6.02. The fourth-order valence-electron chi connectivity index (χ4n) is 3.41. The van der Waals surface area contributed by atoms with E-state index in [0.29, 0.717) is 17.4 Å². The second-order valence-electron chi connectivity index (χ2n) is 7.19. The lowest BCUT2D eigenvalue weighted by atomic mass is 10.1. The quantitative estimate of drug-likeness (QED) is 0.570. The number of benzene rings is 1. The van der Waals surface area contributed by atoms with Crippen molar-refractivity contribution < 1.29 is 9.90 Å². The molecule has 27 heavy (non-hydrogen) atoms. The summed E-state index contributed by atoms with van der Waals surface area (Å²) in [5.41, 5.74) is -0.0432. The second-order valence-corrected chi connectivity index (χ2v) is 7.19. The number of pyridine rings is 1. The number of nitrogens with one attached hydrogen (secondary N) is 1. The highest BCUT2D eigenvalue weighted by Crippen LogP contribution is 2.25. The zero-order valence-electron chi connectivity index (χ0n) is 16.6. The van der Waals surface area contributed by atoms with E-state index < -0.39 is 11.5 Å². The Morgan fingerprint density at radius 3 is 2.26 bits per heavy atom. The molecule has 5 heteroatoms. The van der Waals surface area contributed by atoms with Crippen molar-refractivity contribution in [3.05, 3.63) is 40.2 Å². The molecule has 0 unspecified atom stereocenters. The summed E-state index contributed by atoms with van der Waals surface area (Å²) in [6.07, 6.45) is 10.9. The van der Waals surface area contributed by atoms with Crippen LogP contribution in [0.4, 0.5) is 0 Å². The number of aryl methyl sites for hydroxylation is 1. The molecular weight excluding hydrogens is 340 g/mol. The number of nitrogens with zero attached hydrogens (tertiary/aromatic N) is 1. The van der Waals surface area contributed by atoms with E-state index in [0.717, 1.165) is 12.8 Å². The van der Waals surface area contributed by atoms with Crippen LogP contribution in [-0.4, -0.2) is 22.1 Å². The third-order valence-electron chi connectivity index (χ3n) is 5.07. The fourth-order valence-corrected chi connectivity index (χ4v) is 3.41. The minimum absolute atomic E-state index is 0.174. The van der Waals surface area contributed by atoms with Crippen molar-refractivity contribution >= 4 is 16.8 Å². The first-order chi connectivity index (χ1) is 13.1. The molecule has 1 aromatic heterocycles. The van der Waals surface area contributed by atoms with Crippen molar-refractivity contribution in [2.75, 3.05) is 6.54 Å². The van der Waals surface area contributed by atoms with E-state index >= 15 is 0 Å². The van der Waals surface area contributed by atoms with Crippen LogP contribution < -0.4 is 10.9 Å². The Hall–Kier alpha value is -2.30. The standard InChI is InChI=1S/C22H32N2O3/c1-3-4-5-6-7-8-9-10-13-16-23-21(26)19-20(25)17-14-11-12-15-18(17)24(2)22(19)27/h11-12,14-15,25H,3-10,13,16H2,1-2H3,(H,23,26). The maximum absolute atomic E-state index is 12.5. The maximum Gasteiger partial charge on any atom is 0.267 e. The average Bonchev–Trinajstić information content (AvgIpc) is 2.68. The lowest BCUT2D eigenvalue weighted by molar-refractivity contribution is 0.0948. The predicted molar refractivity (Wildman–Crippen MR) is 110 cm³/mol. The summed E-state index contributed by atoms with van der Waals surface area (Å²) >= 11 is 0. The number of aromatic nitrogens is 1. The summed E-state index contributed by atoms with van der Waals surface area (Å²) in [6.45, 7) is 2.74. The van der Waals surface area contributed by atoms with E-state index in [2.05, 4.69) is 12.2 Å². The number of para-hydroxylation sites is 1.